The van der Waals surface area contributed by atoms with Crippen molar-refractivity contribution in [2.24, 2.45) is 7.05 Å². The van der Waals surface area contributed by atoms with Gasteiger partial charge in [-0.15, -0.1) is 0 Å². The fourth-order valence-corrected chi connectivity index (χ4v) is 3.41. The summed E-state index contributed by atoms with van der Waals surface area (Å²) in [6, 6.07) is 16.1. The highest BCUT2D eigenvalue weighted by Gasteiger charge is 2.25. The van der Waals surface area contributed by atoms with Gasteiger partial charge in [-0.1, -0.05) is 35.9 Å². The zero-order valence-electron chi connectivity index (χ0n) is 15.7. The molecule has 2 aromatic heterocycles. The van der Waals surface area contributed by atoms with E-state index in [-0.39, 0.29) is 5.91 Å². The Morgan fingerprint density at radius 1 is 1.00 bits per heavy atom. The topological polar surface area (TPSA) is 54.3 Å². The van der Waals surface area contributed by atoms with Gasteiger partial charge >= 0.3 is 0 Å². The van der Waals surface area contributed by atoms with Crippen LogP contribution in [0, 0.1) is 6.92 Å². The number of carbonyl (C=O) groups is 1. The fourth-order valence-electron chi connectivity index (χ4n) is 3.41. The van der Waals surface area contributed by atoms with Gasteiger partial charge in [0.05, 0.1) is 5.69 Å². The summed E-state index contributed by atoms with van der Waals surface area (Å²) in [6.45, 7) is 4.96. The Bertz CT molecular complexity index is 925. The Morgan fingerprint density at radius 3 is 2.41 bits per heavy atom. The molecule has 0 spiro atoms. The molecule has 6 heteroatoms. The molecule has 0 aliphatic carbocycles. The number of piperazine rings is 1. The largest absolute Gasteiger partial charge is 0.353 e. The molecule has 3 aromatic rings. The molecule has 1 amide bonds. The minimum absolute atomic E-state index is 0.00960. The Kier molecular flexibility index (Phi) is 4.62. The maximum absolute atomic E-state index is 12.9. The predicted molar refractivity (Wildman–Crippen MR) is 106 cm³/mol. The van der Waals surface area contributed by atoms with Crippen LogP contribution in [-0.2, 0) is 7.05 Å². The number of anilines is 1. The van der Waals surface area contributed by atoms with E-state index in [9.17, 15) is 4.79 Å². The molecule has 138 valence electrons. The van der Waals surface area contributed by atoms with Crippen LogP contribution in [0.25, 0.3) is 11.3 Å². The van der Waals surface area contributed by atoms with Crippen molar-refractivity contribution in [3.8, 4) is 11.3 Å². The lowest BCUT2D eigenvalue weighted by Crippen LogP contribution is -2.49. The molecule has 6 nitrogen and oxygen atoms in total. The van der Waals surface area contributed by atoms with Crippen molar-refractivity contribution in [2.45, 2.75) is 6.92 Å². The fraction of sp³-hybridized carbons (Fsp3) is 0.286. The quantitative estimate of drug-likeness (QED) is 0.720. The second kappa shape index (κ2) is 7.23. The van der Waals surface area contributed by atoms with E-state index in [2.05, 4.69) is 46.2 Å². The molecule has 4 rings (SSSR count). The number of aryl methyl sites for hydroxylation is 2. The third kappa shape index (κ3) is 3.56. The zero-order valence-corrected chi connectivity index (χ0v) is 15.7. The van der Waals surface area contributed by atoms with Crippen molar-refractivity contribution in [1.82, 2.24) is 19.7 Å². The first-order chi connectivity index (χ1) is 13.1. The molecule has 27 heavy (non-hydrogen) atoms. The summed E-state index contributed by atoms with van der Waals surface area (Å²) in [7, 11) is 1.88. The molecule has 0 bridgehead atoms. The zero-order chi connectivity index (χ0) is 18.8. The number of hydrogen-bond donors (Lipinski definition) is 0. The van der Waals surface area contributed by atoms with Gasteiger partial charge < -0.3 is 9.80 Å². The van der Waals surface area contributed by atoms with E-state index in [4.69, 9.17) is 0 Å². The van der Waals surface area contributed by atoms with E-state index in [0.717, 1.165) is 30.2 Å². The predicted octanol–water partition coefficient (Wildman–Crippen LogP) is 2.75. The number of aromatic nitrogens is 3. The molecule has 0 radical (unpaired) electrons. The van der Waals surface area contributed by atoms with Gasteiger partial charge in [0.15, 0.2) is 5.69 Å². The average Bonchev–Trinajstić information content (AvgIpc) is 3.10. The van der Waals surface area contributed by atoms with Gasteiger partial charge in [0.1, 0.15) is 5.82 Å². The first kappa shape index (κ1) is 17.3. The summed E-state index contributed by atoms with van der Waals surface area (Å²) in [5.74, 6) is 0.953. The summed E-state index contributed by atoms with van der Waals surface area (Å²) in [5.41, 5.74) is 3.72. The van der Waals surface area contributed by atoms with Gasteiger partial charge in [-0.05, 0) is 30.7 Å². The van der Waals surface area contributed by atoms with E-state index in [0.29, 0.717) is 18.8 Å². The van der Waals surface area contributed by atoms with Crippen LogP contribution in [0.2, 0.25) is 0 Å². The van der Waals surface area contributed by atoms with Crippen LogP contribution in [0.4, 0.5) is 5.82 Å². The summed E-state index contributed by atoms with van der Waals surface area (Å²) in [6.07, 6.45) is 1.80. The molecule has 3 heterocycles. The Labute approximate surface area is 159 Å². The maximum Gasteiger partial charge on any atom is 0.274 e. The minimum atomic E-state index is -0.00960. The number of amides is 1. The van der Waals surface area contributed by atoms with Crippen LogP contribution in [-0.4, -0.2) is 51.8 Å². The Balaban J connectivity index is 1.46. The number of rotatable bonds is 3. The number of benzene rings is 1. The number of hydrogen-bond acceptors (Lipinski definition) is 4. The van der Waals surface area contributed by atoms with Crippen molar-refractivity contribution in [3.05, 3.63) is 66.0 Å². The van der Waals surface area contributed by atoms with E-state index in [1.165, 1.54) is 5.56 Å². The van der Waals surface area contributed by atoms with Gasteiger partial charge in [0.25, 0.3) is 5.91 Å². The Hall–Kier alpha value is -3.15. The summed E-state index contributed by atoms with van der Waals surface area (Å²) < 4.78 is 1.78. The van der Waals surface area contributed by atoms with Gasteiger partial charge in [0, 0.05) is 39.4 Å². The lowest BCUT2D eigenvalue weighted by molar-refractivity contribution is 0.0740. The van der Waals surface area contributed by atoms with Gasteiger partial charge in [-0.3, -0.25) is 9.48 Å². The van der Waals surface area contributed by atoms with Gasteiger partial charge in [-0.2, -0.15) is 5.10 Å². The molecule has 1 aliphatic heterocycles. The second-order valence-electron chi connectivity index (χ2n) is 6.87. The monoisotopic (exact) mass is 361 g/mol. The molecular formula is C21H23N5O. The second-order valence-corrected chi connectivity index (χ2v) is 6.87. The van der Waals surface area contributed by atoms with Crippen LogP contribution in [0.1, 0.15) is 16.1 Å². The highest BCUT2D eigenvalue weighted by atomic mass is 16.2. The van der Waals surface area contributed by atoms with Crippen molar-refractivity contribution in [2.75, 3.05) is 31.1 Å². The van der Waals surface area contributed by atoms with Gasteiger partial charge in [-0.25, -0.2) is 4.98 Å². The normalized spacial score (nSPS) is 14.4. The smallest absolute Gasteiger partial charge is 0.274 e. The Morgan fingerprint density at radius 2 is 1.74 bits per heavy atom. The van der Waals surface area contributed by atoms with E-state index in [1.54, 1.807) is 10.9 Å². The minimum Gasteiger partial charge on any atom is -0.353 e. The lowest BCUT2D eigenvalue weighted by atomic mass is 10.1. The van der Waals surface area contributed by atoms with E-state index in [1.807, 2.05) is 36.2 Å². The van der Waals surface area contributed by atoms with Crippen LogP contribution in [0.15, 0.2) is 54.7 Å². The molecule has 1 fully saturated rings. The molecule has 0 N–H and O–H groups in total. The first-order valence-corrected chi connectivity index (χ1v) is 9.18. The number of carbonyl (C=O) groups excluding carboxylic acids is 1. The summed E-state index contributed by atoms with van der Waals surface area (Å²) >= 11 is 0. The number of pyridine rings is 1. The standard InChI is InChI=1S/C21H23N5O/c1-16-6-8-17(9-7-16)19-15-18(23-24(19)2)21(27)26-13-11-25(12-14-26)20-5-3-4-10-22-20/h3-10,15H,11-14H2,1-2H3. The van der Waals surface area contributed by atoms with Crippen LogP contribution in [0.3, 0.4) is 0 Å². The maximum atomic E-state index is 12.9. The van der Waals surface area contributed by atoms with Crippen molar-refractivity contribution >= 4 is 11.7 Å². The first-order valence-electron chi connectivity index (χ1n) is 9.18. The van der Waals surface area contributed by atoms with Crippen LogP contribution in [0.5, 0.6) is 0 Å². The van der Waals surface area contributed by atoms with Crippen LogP contribution >= 0.6 is 0 Å². The van der Waals surface area contributed by atoms with Crippen LogP contribution < -0.4 is 4.90 Å². The summed E-state index contributed by atoms with van der Waals surface area (Å²) in [5, 5.41) is 4.46. The van der Waals surface area contributed by atoms with E-state index >= 15 is 0 Å². The number of nitrogens with zero attached hydrogens (tertiary/aromatic N) is 5. The molecule has 1 aromatic carbocycles. The highest BCUT2D eigenvalue weighted by Crippen LogP contribution is 2.21. The van der Waals surface area contributed by atoms with E-state index < -0.39 is 0 Å². The molecule has 0 unspecified atom stereocenters. The third-order valence-electron chi connectivity index (χ3n) is 4.99. The van der Waals surface area contributed by atoms with Crippen molar-refractivity contribution in [3.63, 3.8) is 0 Å². The third-order valence-corrected chi connectivity index (χ3v) is 4.99. The molecular weight excluding hydrogens is 338 g/mol. The lowest BCUT2D eigenvalue weighted by Gasteiger charge is -2.35. The molecule has 1 aliphatic rings. The SMILES string of the molecule is Cc1ccc(-c2cc(C(=O)N3CCN(c4ccccn4)CC3)nn2C)cc1. The molecule has 0 atom stereocenters. The molecule has 0 saturated carbocycles. The average molecular weight is 361 g/mol. The van der Waals surface area contributed by atoms with Crippen molar-refractivity contribution < 1.29 is 4.79 Å². The van der Waals surface area contributed by atoms with Crippen molar-refractivity contribution in [1.29, 1.82) is 0 Å². The molecule has 1 saturated heterocycles. The highest BCUT2D eigenvalue weighted by molar-refractivity contribution is 5.93. The van der Waals surface area contributed by atoms with Gasteiger partial charge in [0.2, 0.25) is 0 Å². The summed E-state index contributed by atoms with van der Waals surface area (Å²) in [4.78, 5) is 21.4.